The van der Waals surface area contributed by atoms with Crippen LogP contribution in [0.25, 0.3) is 0 Å². The number of Topliss-reactive ketones (excluding diaryl/α,β-unsaturated/α-hetero) is 1. The molecule has 0 heterocycles. The lowest BCUT2D eigenvalue weighted by Gasteiger charge is -2.04. The van der Waals surface area contributed by atoms with Crippen LogP contribution in [-0.4, -0.2) is 20.5 Å². The van der Waals surface area contributed by atoms with Crippen molar-refractivity contribution < 1.29 is 17.6 Å². The van der Waals surface area contributed by atoms with Gasteiger partial charge in [0.05, 0.1) is 4.90 Å². The Morgan fingerprint density at radius 1 is 1.10 bits per heavy atom. The van der Waals surface area contributed by atoms with Crippen molar-refractivity contribution in [1.29, 1.82) is 0 Å². The van der Waals surface area contributed by atoms with Crippen molar-refractivity contribution in [1.82, 2.24) is 0 Å². The molecule has 2 aromatic carbocycles. The van der Waals surface area contributed by atoms with E-state index < -0.39 is 15.7 Å². The summed E-state index contributed by atoms with van der Waals surface area (Å²) in [6, 6.07) is 11.8. The van der Waals surface area contributed by atoms with Crippen LogP contribution in [0.4, 0.5) is 4.39 Å². The summed E-state index contributed by atoms with van der Waals surface area (Å²) in [5.41, 5.74) is 0.554. The first-order valence-electron chi connectivity index (χ1n) is 5.94. The number of ketones is 1. The molecule has 0 fully saturated rings. The van der Waals surface area contributed by atoms with Gasteiger partial charge in [-0.15, -0.1) is 0 Å². The molecule has 0 saturated heterocycles. The Balaban J connectivity index is 2.29. The smallest absolute Gasteiger partial charge is 0.175 e. The molecule has 0 unspecified atom stereocenters. The summed E-state index contributed by atoms with van der Waals surface area (Å²) >= 11 is 0. The van der Waals surface area contributed by atoms with Crippen molar-refractivity contribution in [2.24, 2.45) is 0 Å². The molecular formula is C15H13FO3S. The van der Waals surface area contributed by atoms with E-state index in [0.29, 0.717) is 5.56 Å². The second-order valence-corrected chi connectivity index (χ2v) is 6.51. The maximum absolute atomic E-state index is 13.5. The summed E-state index contributed by atoms with van der Waals surface area (Å²) in [5.74, 6) is -0.763. The molecule has 20 heavy (non-hydrogen) atoms. The Bertz CT molecular complexity index is 751. The standard InChI is InChI=1S/C15H13FO3S/c1-20(18,19)13-7-4-6-12(9-13)15(17)10-11-5-2-3-8-14(11)16/h2-9H,10H2,1H3. The van der Waals surface area contributed by atoms with Gasteiger partial charge in [-0.1, -0.05) is 30.3 Å². The molecule has 0 aliphatic rings. The highest BCUT2D eigenvalue weighted by Gasteiger charge is 2.13. The lowest BCUT2D eigenvalue weighted by molar-refractivity contribution is 0.0991. The highest BCUT2D eigenvalue weighted by Crippen LogP contribution is 2.15. The summed E-state index contributed by atoms with van der Waals surface area (Å²) in [6.07, 6.45) is 0.980. The van der Waals surface area contributed by atoms with E-state index in [-0.39, 0.29) is 22.7 Å². The zero-order valence-electron chi connectivity index (χ0n) is 10.8. The largest absolute Gasteiger partial charge is 0.294 e. The summed E-state index contributed by atoms with van der Waals surface area (Å²) in [6.45, 7) is 0. The van der Waals surface area contributed by atoms with Crippen LogP contribution < -0.4 is 0 Å². The van der Waals surface area contributed by atoms with E-state index in [2.05, 4.69) is 0 Å². The molecule has 0 radical (unpaired) electrons. The summed E-state index contributed by atoms with van der Waals surface area (Å²) in [5, 5.41) is 0. The number of carbonyl (C=O) groups is 1. The van der Waals surface area contributed by atoms with Crippen LogP contribution in [0.3, 0.4) is 0 Å². The summed E-state index contributed by atoms with van der Waals surface area (Å²) < 4.78 is 36.4. The number of sulfone groups is 1. The highest BCUT2D eigenvalue weighted by molar-refractivity contribution is 7.90. The number of hydrogen-bond acceptors (Lipinski definition) is 3. The van der Waals surface area contributed by atoms with Gasteiger partial charge < -0.3 is 0 Å². The van der Waals surface area contributed by atoms with E-state index in [1.165, 1.54) is 36.4 Å². The molecule has 0 spiro atoms. The first kappa shape index (κ1) is 14.4. The van der Waals surface area contributed by atoms with E-state index in [1.807, 2.05) is 0 Å². The quantitative estimate of drug-likeness (QED) is 0.814. The fourth-order valence-electron chi connectivity index (χ4n) is 1.82. The van der Waals surface area contributed by atoms with Gasteiger partial charge in [-0.05, 0) is 23.8 Å². The maximum atomic E-state index is 13.5. The molecule has 0 amide bonds. The Labute approximate surface area is 117 Å². The molecule has 0 aliphatic carbocycles. The van der Waals surface area contributed by atoms with Crippen molar-refractivity contribution in [3.05, 3.63) is 65.5 Å². The minimum Gasteiger partial charge on any atom is -0.294 e. The molecule has 3 nitrogen and oxygen atoms in total. The fraction of sp³-hybridized carbons (Fsp3) is 0.133. The lowest BCUT2D eigenvalue weighted by atomic mass is 10.0. The number of hydrogen-bond donors (Lipinski definition) is 0. The molecule has 104 valence electrons. The second kappa shape index (κ2) is 5.54. The Morgan fingerprint density at radius 2 is 1.80 bits per heavy atom. The van der Waals surface area contributed by atoms with Crippen LogP contribution >= 0.6 is 0 Å². The van der Waals surface area contributed by atoms with Gasteiger partial charge in [-0.25, -0.2) is 12.8 Å². The van der Waals surface area contributed by atoms with Gasteiger partial charge in [0, 0.05) is 18.2 Å². The zero-order chi connectivity index (χ0) is 14.8. The molecule has 0 saturated carbocycles. The van der Waals surface area contributed by atoms with Crippen LogP contribution in [0.2, 0.25) is 0 Å². The number of carbonyl (C=O) groups excluding carboxylic acids is 1. The van der Waals surface area contributed by atoms with Gasteiger partial charge in [-0.2, -0.15) is 0 Å². The van der Waals surface area contributed by atoms with Crippen LogP contribution in [0.15, 0.2) is 53.4 Å². The van der Waals surface area contributed by atoms with Crippen molar-refractivity contribution in [3.63, 3.8) is 0 Å². The van der Waals surface area contributed by atoms with Gasteiger partial charge >= 0.3 is 0 Å². The Hall–Kier alpha value is -2.01. The minimum absolute atomic E-state index is 0.0804. The average molecular weight is 292 g/mol. The molecule has 2 rings (SSSR count). The van der Waals surface area contributed by atoms with Crippen LogP contribution in [0.1, 0.15) is 15.9 Å². The molecular weight excluding hydrogens is 279 g/mol. The molecule has 0 N–H and O–H groups in total. The third-order valence-electron chi connectivity index (χ3n) is 2.89. The molecule has 0 aromatic heterocycles. The normalized spacial score (nSPS) is 11.3. The SMILES string of the molecule is CS(=O)(=O)c1cccc(C(=O)Cc2ccccc2F)c1. The third kappa shape index (κ3) is 3.30. The molecule has 2 aromatic rings. The molecule has 0 aliphatic heterocycles. The first-order chi connectivity index (χ1) is 9.38. The average Bonchev–Trinajstić information content (AvgIpc) is 2.40. The third-order valence-corrected chi connectivity index (χ3v) is 4.00. The topological polar surface area (TPSA) is 51.2 Å². The Morgan fingerprint density at radius 3 is 2.45 bits per heavy atom. The monoisotopic (exact) mass is 292 g/mol. The predicted molar refractivity (Wildman–Crippen MR) is 74.0 cm³/mol. The number of rotatable bonds is 4. The summed E-state index contributed by atoms with van der Waals surface area (Å²) in [7, 11) is -3.37. The van der Waals surface area contributed by atoms with Crippen molar-refractivity contribution in [2.45, 2.75) is 11.3 Å². The van der Waals surface area contributed by atoms with Crippen LogP contribution in [0, 0.1) is 5.82 Å². The van der Waals surface area contributed by atoms with E-state index >= 15 is 0 Å². The van der Waals surface area contributed by atoms with Crippen LogP contribution in [0.5, 0.6) is 0 Å². The van der Waals surface area contributed by atoms with E-state index in [1.54, 1.807) is 12.1 Å². The van der Waals surface area contributed by atoms with Gasteiger partial charge in [0.15, 0.2) is 15.6 Å². The highest BCUT2D eigenvalue weighted by atomic mass is 32.2. The summed E-state index contributed by atoms with van der Waals surface area (Å²) in [4.78, 5) is 12.2. The number of halogens is 1. The zero-order valence-corrected chi connectivity index (χ0v) is 11.7. The van der Waals surface area contributed by atoms with Crippen molar-refractivity contribution in [2.75, 3.05) is 6.26 Å². The lowest BCUT2D eigenvalue weighted by Crippen LogP contribution is -2.07. The maximum Gasteiger partial charge on any atom is 0.175 e. The van der Waals surface area contributed by atoms with Gasteiger partial charge in [-0.3, -0.25) is 4.79 Å². The van der Waals surface area contributed by atoms with Gasteiger partial charge in [0.25, 0.3) is 0 Å². The second-order valence-electron chi connectivity index (χ2n) is 4.49. The molecule has 0 bridgehead atoms. The van der Waals surface area contributed by atoms with Gasteiger partial charge in [0.1, 0.15) is 5.82 Å². The van der Waals surface area contributed by atoms with Crippen LogP contribution in [-0.2, 0) is 16.3 Å². The van der Waals surface area contributed by atoms with Crippen molar-refractivity contribution in [3.8, 4) is 0 Å². The first-order valence-corrected chi connectivity index (χ1v) is 7.84. The minimum atomic E-state index is -3.37. The fourth-order valence-corrected chi connectivity index (χ4v) is 2.48. The van der Waals surface area contributed by atoms with Gasteiger partial charge in [0.2, 0.25) is 0 Å². The van der Waals surface area contributed by atoms with Crippen molar-refractivity contribution >= 4 is 15.6 Å². The van der Waals surface area contributed by atoms with E-state index in [4.69, 9.17) is 0 Å². The molecule has 5 heteroatoms. The van der Waals surface area contributed by atoms with E-state index in [0.717, 1.165) is 6.26 Å². The van der Waals surface area contributed by atoms with E-state index in [9.17, 15) is 17.6 Å². The molecule has 0 atom stereocenters. The number of benzene rings is 2. The Kier molecular flexibility index (Phi) is 3.99. The predicted octanol–water partition coefficient (Wildman–Crippen LogP) is 2.65.